The molecule has 148 valence electrons. The molecule has 0 fully saturated rings. The molecule has 0 atom stereocenters. The summed E-state index contributed by atoms with van der Waals surface area (Å²) in [4.78, 5) is 16.3. The van der Waals surface area contributed by atoms with Gasteiger partial charge in [0.2, 0.25) is 5.91 Å². The van der Waals surface area contributed by atoms with E-state index in [-0.39, 0.29) is 12.5 Å². The average molecular weight is 381 g/mol. The fourth-order valence-electron chi connectivity index (χ4n) is 3.12. The van der Waals surface area contributed by atoms with Gasteiger partial charge < -0.3 is 19.4 Å². The van der Waals surface area contributed by atoms with E-state index in [9.17, 15) is 4.79 Å². The lowest BCUT2D eigenvalue weighted by atomic mass is 10.1. The number of methoxy groups -OCH3 is 1. The second kappa shape index (κ2) is 9.37. The molecule has 0 radical (unpaired) electrons. The maximum Gasteiger partial charge on any atom is 0.245 e. The number of nitrogens with one attached hydrogen (secondary N) is 1. The molecule has 0 bridgehead atoms. The van der Waals surface area contributed by atoms with Crippen LogP contribution in [0.5, 0.6) is 5.75 Å². The number of aryl methyl sites for hydroxylation is 2. The Morgan fingerprint density at radius 2 is 1.96 bits per heavy atom. The Kier molecular flexibility index (Phi) is 6.66. The van der Waals surface area contributed by atoms with Gasteiger partial charge in [0.25, 0.3) is 0 Å². The molecule has 0 aliphatic carbocycles. The Morgan fingerprint density at radius 1 is 1.14 bits per heavy atom. The summed E-state index contributed by atoms with van der Waals surface area (Å²) in [6.07, 6.45) is 0.647. The highest BCUT2D eigenvalue weighted by atomic mass is 16.5. The molecule has 6 heteroatoms. The van der Waals surface area contributed by atoms with E-state index in [4.69, 9.17) is 14.5 Å². The van der Waals surface area contributed by atoms with Crippen molar-refractivity contribution >= 4 is 16.9 Å². The molecule has 0 aliphatic rings. The van der Waals surface area contributed by atoms with Crippen LogP contribution >= 0.6 is 0 Å². The zero-order valence-electron chi connectivity index (χ0n) is 16.7. The van der Waals surface area contributed by atoms with Gasteiger partial charge in [-0.05, 0) is 49.2 Å². The largest absolute Gasteiger partial charge is 0.492 e. The van der Waals surface area contributed by atoms with Crippen LogP contribution in [0.1, 0.15) is 17.0 Å². The molecule has 0 unspecified atom stereocenters. The quantitative estimate of drug-likeness (QED) is 0.619. The number of rotatable bonds is 9. The summed E-state index contributed by atoms with van der Waals surface area (Å²) in [5.74, 6) is 1.69. The van der Waals surface area contributed by atoms with Gasteiger partial charge in [-0.1, -0.05) is 18.2 Å². The minimum absolute atomic E-state index is 0.0697. The average Bonchev–Trinajstić information content (AvgIpc) is 3.02. The van der Waals surface area contributed by atoms with Crippen LogP contribution in [0.15, 0.2) is 42.5 Å². The van der Waals surface area contributed by atoms with Crippen LogP contribution in [0.3, 0.4) is 0 Å². The lowest BCUT2D eigenvalue weighted by molar-refractivity contribution is -0.124. The third-order valence-electron chi connectivity index (χ3n) is 4.74. The number of aromatic nitrogens is 2. The Morgan fingerprint density at radius 3 is 2.75 bits per heavy atom. The summed E-state index contributed by atoms with van der Waals surface area (Å²) in [5, 5.41) is 2.85. The van der Waals surface area contributed by atoms with Crippen LogP contribution in [0, 0.1) is 13.8 Å². The van der Waals surface area contributed by atoms with E-state index in [1.54, 1.807) is 0 Å². The van der Waals surface area contributed by atoms with Crippen LogP contribution < -0.4 is 10.1 Å². The Hall–Kier alpha value is -2.86. The molecule has 1 aromatic heterocycles. The smallest absolute Gasteiger partial charge is 0.245 e. The summed E-state index contributed by atoms with van der Waals surface area (Å²) in [7, 11) is 1.51. The predicted octanol–water partition coefficient (Wildman–Crippen LogP) is 3.04. The normalized spacial score (nSPS) is 11.0. The topological polar surface area (TPSA) is 65.4 Å². The zero-order chi connectivity index (χ0) is 19.9. The van der Waals surface area contributed by atoms with Crippen molar-refractivity contribution in [2.75, 3.05) is 26.9 Å². The van der Waals surface area contributed by atoms with Gasteiger partial charge >= 0.3 is 0 Å². The van der Waals surface area contributed by atoms with Crippen molar-refractivity contribution < 1.29 is 14.3 Å². The highest BCUT2D eigenvalue weighted by molar-refractivity contribution is 5.77. The molecule has 0 saturated heterocycles. The Labute approximate surface area is 165 Å². The van der Waals surface area contributed by atoms with Crippen LogP contribution in [0.25, 0.3) is 11.0 Å². The van der Waals surface area contributed by atoms with E-state index in [2.05, 4.69) is 41.9 Å². The second-order valence-corrected chi connectivity index (χ2v) is 6.80. The van der Waals surface area contributed by atoms with Gasteiger partial charge in [-0.25, -0.2) is 4.98 Å². The Bertz CT molecular complexity index is 949. The van der Waals surface area contributed by atoms with Gasteiger partial charge in [-0.3, -0.25) is 4.79 Å². The third-order valence-corrected chi connectivity index (χ3v) is 4.74. The van der Waals surface area contributed by atoms with Crippen LogP contribution in [-0.2, 0) is 22.5 Å². The molecule has 1 N–H and O–H groups in total. The van der Waals surface area contributed by atoms with Crippen LogP contribution in [0.4, 0.5) is 0 Å². The number of hydrogen-bond donors (Lipinski definition) is 1. The molecule has 3 aromatic rings. The number of hydrogen-bond acceptors (Lipinski definition) is 4. The molecule has 1 amide bonds. The number of amides is 1. The van der Waals surface area contributed by atoms with Crippen molar-refractivity contribution in [2.24, 2.45) is 0 Å². The second-order valence-electron chi connectivity index (χ2n) is 6.80. The van der Waals surface area contributed by atoms with Gasteiger partial charge in [0, 0.05) is 20.1 Å². The maximum absolute atomic E-state index is 11.6. The van der Waals surface area contributed by atoms with Gasteiger partial charge in [0.1, 0.15) is 24.8 Å². The predicted molar refractivity (Wildman–Crippen MR) is 110 cm³/mol. The van der Waals surface area contributed by atoms with E-state index < -0.39 is 0 Å². The molecular formula is C22H27N3O3. The maximum atomic E-state index is 11.6. The highest BCUT2D eigenvalue weighted by Gasteiger charge is 2.11. The van der Waals surface area contributed by atoms with Crippen LogP contribution in [-0.4, -0.2) is 42.3 Å². The minimum atomic E-state index is -0.122. The van der Waals surface area contributed by atoms with Crippen molar-refractivity contribution in [3.8, 4) is 5.75 Å². The minimum Gasteiger partial charge on any atom is -0.492 e. The van der Waals surface area contributed by atoms with Gasteiger partial charge in [-0.15, -0.1) is 0 Å². The first kappa shape index (κ1) is 19.9. The lowest BCUT2D eigenvalue weighted by Gasteiger charge is -2.12. The SMILES string of the molecule is COCC(=O)NCCc1nc2ccccc2n1CCOc1ccc(C)c(C)c1. The molecule has 0 aliphatic heterocycles. The summed E-state index contributed by atoms with van der Waals surface area (Å²) < 4.78 is 13.0. The molecule has 0 saturated carbocycles. The monoisotopic (exact) mass is 381 g/mol. The number of carbonyl (C=O) groups excluding carboxylic acids is 1. The fraction of sp³-hybridized carbons (Fsp3) is 0.364. The van der Waals surface area contributed by atoms with E-state index in [0.29, 0.717) is 26.1 Å². The van der Waals surface area contributed by atoms with Gasteiger partial charge in [0.05, 0.1) is 17.6 Å². The summed E-state index contributed by atoms with van der Waals surface area (Å²) in [6, 6.07) is 14.2. The summed E-state index contributed by atoms with van der Waals surface area (Å²) >= 11 is 0. The van der Waals surface area contributed by atoms with E-state index in [0.717, 1.165) is 22.6 Å². The van der Waals surface area contributed by atoms with Gasteiger partial charge in [-0.2, -0.15) is 0 Å². The van der Waals surface area contributed by atoms with Crippen molar-refractivity contribution in [1.82, 2.24) is 14.9 Å². The molecule has 28 heavy (non-hydrogen) atoms. The molecule has 1 heterocycles. The first-order valence-electron chi connectivity index (χ1n) is 9.48. The summed E-state index contributed by atoms with van der Waals surface area (Å²) in [5.41, 5.74) is 4.50. The summed E-state index contributed by atoms with van der Waals surface area (Å²) in [6.45, 7) is 6.00. The fourth-order valence-corrected chi connectivity index (χ4v) is 3.12. The molecular weight excluding hydrogens is 354 g/mol. The number of benzene rings is 2. The first-order valence-corrected chi connectivity index (χ1v) is 9.48. The van der Waals surface area contributed by atoms with Crippen LogP contribution in [0.2, 0.25) is 0 Å². The molecule has 3 rings (SSSR count). The van der Waals surface area contributed by atoms with E-state index in [1.165, 1.54) is 18.2 Å². The van der Waals surface area contributed by atoms with Crippen molar-refractivity contribution in [3.63, 3.8) is 0 Å². The molecule has 0 spiro atoms. The number of nitrogens with zero attached hydrogens (tertiary/aromatic N) is 2. The number of para-hydroxylation sites is 2. The number of ether oxygens (including phenoxy) is 2. The van der Waals surface area contributed by atoms with E-state index in [1.807, 2.05) is 24.3 Å². The van der Waals surface area contributed by atoms with E-state index >= 15 is 0 Å². The first-order chi connectivity index (χ1) is 13.6. The zero-order valence-corrected chi connectivity index (χ0v) is 16.7. The highest BCUT2D eigenvalue weighted by Crippen LogP contribution is 2.18. The molecule has 2 aromatic carbocycles. The number of imidazole rings is 1. The Balaban J connectivity index is 1.67. The van der Waals surface area contributed by atoms with Crippen molar-refractivity contribution in [3.05, 3.63) is 59.4 Å². The standard InChI is InChI=1S/C22H27N3O3/c1-16-8-9-18(14-17(16)2)28-13-12-25-20-7-5-4-6-19(20)24-21(25)10-11-23-22(26)15-27-3/h4-9,14H,10-13,15H2,1-3H3,(H,23,26). The number of carbonyl (C=O) groups is 1. The van der Waals surface area contributed by atoms with Gasteiger partial charge in [0.15, 0.2) is 0 Å². The van der Waals surface area contributed by atoms with Crippen molar-refractivity contribution in [1.29, 1.82) is 0 Å². The third kappa shape index (κ3) is 4.89. The van der Waals surface area contributed by atoms with Crippen molar-refractivity contribution in [2.45, 2.75) is 26.8 Å². The molecule has 6 nitrogen and oxygen atoms in total. The lowest BCUT2D eigenvalue weighted by Crippen LogP contribution is -2.29. The number of fused-ring (bicyclic) bond motifs is 1.